The summed E-state index contributed by atoms with van der Waals surface area (Å²) in [5.74, 6) is 0.660. The van der Waals surface area contributed by atoms with Crippen molar-refractivity contribution in [2.45, 2.75) is 13.0 Å². The lowest BCUT2D eigenvalue weighted by Gasteiger charge is -2.31. The molecule has 0 fully saturated rings. The van der Waals surface area contributed by atoms with Gasteiger partial charge in [-0.2, -0.15) is 0 Å². The Hall–Kier alpha value is -3.29. The Morgan fingerprint density at radius 3 is 2.88 bits per heavy atom. The summed E-state index contributed by atoms with van der Waals surface area (Å²) in [7, 11) is 1.51. The van der Waals surface area contributed by atoms with Crippen molar-refractivity contribution in [3.63, 3.8) is 0 Å². The number of para-hydroxylation sites is 2. The smallest absolute Gasteiger partial charge is 0.269 e. The van der Waals surface area contributed by atoms with Crippen LogP contribution in [0.15, 0.2) is 36.4 Å². The van der Waals surface area contributed by atoms with E-state index in [-0.39, 0.29) is 30.0 Å². The predicted octanol–water partition coefficient (Wildman–Crippen LogP) is 1.42. The second-order valence-electron chi connectivity index (χ2n) is 5.49. The van der Waals surface area contributed by atoms with Gasteiger partial charge in [-0.1, -0.05) is 12.1 Å². The lowest BCUT2D eigenvalue weighted by Crippen LogP contribution is -2.48. The molecule has 3 N–H and O–H groups in total. The topological polar surface area (TPSA) is 107 Å². The third kappa shape index (κ3) is 3.32. The number of fused-ring (bicyclic) bond motifs is 1. The molecule has 0 saturated heterocycles. The molecule has 2 amide bonds. The fraction of sp³-hybridized carbons (Fsp3) is 0.235. The number of carbonyl (C=O) groups excluding carboxylic acids is 2. The van der Waals surface area contributed by atoms with E-state index in [0.29, 0.717) is 17.2 Å². The van der Waals surface area contributed by atoms with Gasteiger partial charge in [-0.25, -0.2) is 4.98 Å². The van der Waals surface area contributed by atoms with E-state index >= 15 is 0 Å². The number of hydrogen-bond donors (Lipinski definition) is 2. The molecule has 2 heterocycles. The molecule has 1 atom stereocenters. The first-order valence-corrected chi connectivity index (χ1v) is 7.67. The summed E-state index contributed by atoms with van der Waals surface area (Å²) >= 11 is 0. The largest absolute Gasteiger partial charge is 0.495 e. The maximum atomic E-state index is 12.4. The molecule has 0 bridgehead atoms. The van der Waals surface area contributed by atoms with Crippen molar-refractivity contribution in [1.82, 2.24) is 4.98 Å². The normalized spacial score (nSPS) is 16.0. The second kappa shape index (κ2) is 6.68. The van der Waals surface area contributed by atoms with Crippen LogP contribution in [0.4, 0.5) is 17.3 Å². The average Bonchev–Trinajstić information content (AvgIpc) is 2.60. The van der Waals surface area contributed by atoms with Crippen LogP contribution in [-0.2, 0) is 9.59 Å². The minimum absolute atomic E-state index is 0.214. The van der Waals surface area contributed by atoms with Gasteiger partial charge in [0.2, 0.25) is 5.91 Å². The Bertz CT molecular complexity index is 824. The summed E-state index contributed by atoms with van der Waals surface area (Å²) in [6, 6.07) is 10.2. The van der Waals surface area contributed by atoms with Gasteiger partial charge < -0.3 is 20.5 Å². The van der Waals surface area contributed by atoms with Crippen molar-refractivity contribution >= 4 is 29.1 Å². The van der Waals surface area contributed by atoms with Gasteiger partial charge in [-0.3, -0.25) is 14.5 Å². The quantitative estimate of drug-likeness (QED) is 0.870. The molecule has 0 saturated carbocycles. The summed E-state index contributed by atoms with van der Waals surface area (Å²) in [6.07, 6.45) is -0.711. The predicted molar refractivity (Wildman–Crippen MR) is 92.7 cm³/mol. The van der Waals surface area contributed by atoms with Crippen molar-refractivity contribution in [3.8, 4) is 11.5 Å². The van der Waals surface area contributed by atoms with Gasteiger partial charge >= 0.3 is 0 Å². The Kier molecular flexibility index (Phi) is 4.42. The highest BCUT2D eigenvalue weighted by Crippen LogP contribution is 2.33. The van der Waals surface area contributed by atoms with Crippen molar-refractivity contribution in [3.05, 3.63) is 36.4 Å². The van der Waals surface area contributed by atoms with Crippen LogP contribution < -0.4 is 25.4 Å². The molecule has 130 valence electrons. The van der Waals surface area contributed by atoms with E-state index in [2.05, 4.69) is 10.3 Å². The average molecular weight is 342 g/mol. The molecule has 8 heteroatoms. The number of anilines is 3. The number of carbonyl (C=O) groups is 2. The first-order valence-electron chi connectivity index (χ1n) is 7.67. The molecule has 0 spiro atoms. The van der Waals surface area contributed by atoms with Gasteiger partial charge in [0.15, 0.2) is 17.7 Å². The molecule has 1 aliphatic rings. The third-order valence-electron chi connectivity index (χ3n) is 3.72. The number of amides is 2. The number of hydrogen-bond acceptors (Lipinski definition) is 6. The monoisotopic (exact) mass is 342 g/mol. The van der Waals surface area contributed by atoms with E-state index in [1.54, 1.807) is 43.3 Å². The molecule has 1 unspecified atom stereocenters. The van der Waals surface area contributed by atoms with Gasteiger partial charge in [-0.05, 0) is 31.2 Å². The SMILES string of the molecule is COc1ccccc1NC(=O)CN1C(=O)C(C)Oc2ccc(N)nc21. The molecule has 0 radical (unpaired) electrons. The van der Waals surface area contributed by atoms with Gasteiger partial charge in [0, 0.05) is 0 Å². The number of rotatable bonds is 4. The summed E-state index contributed by atoms with van der Waals surface area (Å²) < 4.78 is 10.7. The van der Waals surface area contributed by atoms with Crippen LogP contribution in [0, 0.1) is 0 Å². The van der Waals surface area contributed by atoms with E-state index in [0.717, 1.165) is 0 Å². The van der Waals surface area contributed by atoms with Crippen molar-refractivity contribution in [2.24, 2.45) is 0 Å². The standard InChI is InChI=1S/C17H18N4O4/c1-10-17(23)21(16-13(25-10)7-8-14(18)20-16)9-15(22)19-11-5-3-4-6-12(11)24-2/h3-8,10H,9H2,1-2H3,(H2,18,20)(H,19,22). The van der Waals surface area contributed by atoms with E-state index in [4.69, 9.17) is 15.2 Å². The number of nitrogens with two attached hydrogens (primary N) is 1. The second-order valence-corrected chi connectivity index (χ2v) is 5.49. The van der Waals surface area contributed by atoms with Gasteiger partial charge in [0.05, 0.1) is 12.8 Å². The molecule has 3 rings (SSSR count). The Balaban J connectivity index is 1.83. The molecule has 1 aromatic heterocycles. The molecule has 0 aliphatic carbocycles. The lowest BCUT2D eigenvalue weighted by atomic mass is 10.2. The number of nitrogen functional groups attached to an aromatic ring is 1. The first kappa shape index (κ1) is 16.6. The number of aromatic nitrogens is 1. The van der Waals surface area contributed by atoms with Gasteiger partial charge in [0.25, 0.3) is 5.91 Å². The fourth-order valence-corrected chi connectivity index (χ4v) is 2.53. The zero-order chi connectivity index (χ0) is 18.0. The number of pyridine rings is 1. The zero-order valence-corrected chi connectivity index (χ0v) is 13.9. The van der Waals surface area contributed by atoms with E-state index in [1.165, 1.54) is 12.0 Å². The minimum atomic E-state index is -0.711. The summed E-state index contributed by atoms with van der Waals surface area (Å²) in [5.41, 5.74) is 6.21. The molecular formula is C17H18N4O4. The maximum absolute atomic E-state index is 12.4. The van der Waals surface area contributed by atoms with Crippen LogP contribution in [0.1, 0.15) is 6.92 Å². The first-order chi connectivity index (χ1) is 12.0. The fourth-order valence-electron chi connectivity index (χ4n) is 2.53. The zero-order valence-electron chi connectivity index (χ0n) is 13.9. The summed E-state index contributed by atoms with van der Waals surface area (Å²) in [6.45, 7) is 1.40. The van der Waals surface area contributed by atoms with Gasteiger partial charge in [-0.15, -0.1) is 0 Å². The Labute approximate surface area is 144 Å². The lowest BCUT2D eigenvalue weighted by molar-refractivity contribution is -0.127. The van der Waals surface area contributed by atoms with Crippen LogP contribution in [0.5, 0.6) is 11.5 Å². The van der Waals surface area contributed by atoms with Crippen molar-refractivity contribution < 1.29 is 19.1 Å². The molecule has 8 nitrogen and oxygen atoms in total. The number of ether oxygens (including phenoxy) is 2. The van der Waals surface area contributed by atoms with E-state index in [1.807, 2.05) is 0 Å². The number of nitrogens with one attached hydrogen (secondary N) is 1. The number of nitrogens with zero attached hydrogens (tertiary/aromatic N) is 2. The number of methoxy groups -OCH3 is 1. The molecule has 25 heavy (non-hydrogen) atoms. The molecule has 1 aliphatic heterocycles. The third-order valence-corrected chi connectivity index (χ3v) is 3.72. The summed E-state index contributed by atoms with van der Waals surface area (Å²) in [4.78, 5) is 30.3. The van der Waals surface area contributed by atoms with Gasteiger partial charge in [0.1, 0.15) is 18.1 Å². The van der Waals surface area contributed by atoms with Crippen molar-refractivity contribution in [2.75, 3.05) is 29.6 Å². The Morgan fingerprint density at radius 2 is 2.12 bits per heavy atom. The molecule has 2 aromatic rings. The van der Waals surface area contributed by atoms with Crippen LogP contribution in [0.25, 0.3) is 0 Å². The summed E-state index contributed by atoms with van der Waals surface area (Å²) in [5, 5.41) is 2.73. The van der Waals surface area contributed by atoms with Crippen LogP contribution >= 0.6 is 0 Å². The number of benzene rings is 1. The van der Waals surface area contributed by atoms with Crippen LogP contribution in [0.2, 0.25) is 0 Å². The van der Waals surface area contributed by atoms with Crippen molar-refractivity contribution in [1.29, 1.82) is 0 Å². The minimum Gasteiger partial charge on any atom is -0.495 e. The van der Waals surface area contributed by atoms with E-state index in [9.17, 15) is 9.59 Å². The molecular weight excluding hydrogens is 324 g/mol. The van der Waals surface area contributed by atoms with E-state index < -0.39 is 6.10 Å². The van der Waals surface area contributed by atoms with Crippen LogP contribution in [0.3, 0.4) is 0 Å². The highest BCUT2D eigenvalue weighted by Gasteiger charge is 2.34. The maximum Gasteiger partial charge on any atom is 0.269 e. The Morgan fingerprint density at radius 1 is 1.36 bits per heavy atom. The molecule has 1 aromatic carbocycles. The van der Waals surface area contributed by atoms with Crippen LogP contribution in [-0.4, -0.2) is 36.6 Å². The highest BCUT2D eigenvalue weighted by molar-refractivity contribution is 6.05. The highest BCUT2D eigenvalue weighted by atomic mass is 16.5.